The summed E-state index contributed by atoms with van der Waals surface area (Å²) >= 11 is 0. The van der Waals surface area contributed by atoms with E-state index in [4.69, 9.17) is 9.47 Å². The molecule has 4 atom stereocenters. The molecule has 0 bridgehead atoms. The third-order valence-electron chi connectivity index (χ3n) is 6.17. The van der Waals surface area contributed by atoms with Gasteiger partial charge >= 0.3 is 0 Å². The number of carbonyl (C=O) groups excluding carboxylic acids is 1. The molecule has 3 rings (SSSR count). The first kappa shape index (κ1) is 21.5. The molecule has 0 radical (unpaired) electrons. The highest BCUT2D eigenvalue weighted by atomic mass is 16.5. The third kappa shape index (κ3) is 5.65. The topological polar surface area (TPSA) is 35.5 Å². The van der Waals surface area contributed by atoms with Gasteiger partial charge in [-0.15, -0.1) is 6.58 Å². The van der Waals surface area contributed by atoms with Crippen LogP contribution in [0.3, 0.4) is 0 Å². The number of hydrogen-bond acceptors (Lipinski definition) is 3. The maximum absolute atomic E-state index is 12.2. The van der Waals surface area contributed by atoms with Gasteiger partial charge in [0.15, 0.2) is 6.29 Å². The predicted molar refractivity (Wildman–Crippen MR) is 116 cm³/mol. The molecule has 0 aromatic heterocycles. The second-order valence-corrected chi connectivity index (χ2v) is 8.25. The quantitative estimate of drug-likeness (QED) is 0.390. The average Bonchev–Trinajstić information content (AvgIpc) is 2.76. The molecule has 0 aliphatic heterocycles. The molecule has 2 aromatic rings. The Bertz CT molecular complexity index is 758. The monoisotopic (exact) mass is 392 g/mol. The smallest absolute Gasteiger partial charge is 0.152 e. The summed E-state index contributed by atoms with van der Waals surface area (Å²) in [5.41, 5.74) is 1.53. The van der Waals surface area contributed by atoms with Crippen molar-refractivity contribution in [3.8, 4) is 0 Å². The zero-order chi connectivity index (χ0) is 20.5. The minimum Gasteiger partial charge on any atom is -0.376 e. The van der Waals surface area contributed by atoms with E-state index in [1.165, 1.54) is 5.56 Å². The van der Waals surface area contributed by atoms with Crippen molar-refractivity contribution in [3.05, 3.63) is 84.4 Å². The molecule has 0 amide bonds. The second kappa shape index (κ2) is 10.5. The summed E-state index contributed by atoms with van der Waals surface area (Å²) < 4.78 is 12.3. The molecule has 3 nitrogen and oxygen atoms in total. The molecule has 0 spiro atoms. The Hall–Kier alpha value is -2.23. The fourth-order valence-electron chi connectivity index (χ4n) is 4.41. The summed E-state index contributed by atoms with van der Waals surface area (Å²) in [6.45, 7) is 7.91. The van der Waals surface area contributed by atoms with Crippen LogP contribution in [0.1, 0.15) is 37.3 Å². The highest BCUT2D eigenvalue weighted by Crippen LogP contribution is 2.44. The molecule has 29 heavy (non-hydrogen) atoms. The van der Waals surface area contributed by atoms with Crippen molar-refractivity contribution in [1.82, 2.24) is 0 Å². The van der Waals surface area contributed by atoms with Gasteiger partial charge in [0.1, 0.15) is 5.60 Å². The van der Waals surface area contributed by atoms with E-state index in [2.05, 4.69) is 25.6 Å². The summed E-state index contributed by atoms with van der Waals surface area (Å²) in [4.78, 5) is 12.2. The average molecular weight is 393 g/mol. The van der Waals surface area contributed by atoms with Crippen LogP contribution in [0.4, 0.5) is 0 Å². The molecular weight excluding hydrogens is 360 g/mol. The molecule has 1 saturated carbocycles. The van der Waals surface area contributed by atoms with E-state index >= 15 is 0 Å². The minimum atomic E-state index is -0.751. The van der Waals surface area contributed by atoms with E-state index in [0.29, 0.717) is 31.7 Å². The second-order valence-electron chi connectivity index (χ2n) is 8.25. The number of rotatable bonds is 10. The van der Waals surface area contributed by atoms with Gasteiger partial charge in [-0.05, 0) is 48.1 Å². The number of ether oxygens (including phenoxy) is 2. The molecule has 3 heteroatoms. The first-order valence-electron chi connectivity index (χ1n) is 10.5. The van der Waals surface area contributed by atoms with E-state index in [9.17, 15) is 4.79 Å². The highest BCUT2D eigenvalue weighted by Gasteiger charge is 2.47. The molecule has 0 N–H and O–H groups in total. The maximum Gasteiger partial charge on any atom is 0.152 e. The number of aldehydes is 1. The first-order valence-corrected chi connectivity index (χ1v) is 10.5. The van der Waals surface area contributed by atoms with Crippen LogP contribution in [0.5, 0.6) is 0 Å². The fraction of sp³-hybridized carbons (Fsp3) is 0.423. The Kier molecular flexibility index (Phi) is 7.79. The van der Waals surface area contributed by atoms with Crippen molar-refractivity contribution in [2.45, 2.75) is 45.0 Å². The molecule has 1 aliphatic carbocycles. The Labute approximate surface area is 174 Å². The molecule has 2 aromatic carbocycles. The summed E-state index contributed by atoms with van der Waals surface area (Å²) in [5, 5.41) is 0. The number of allylic oxidation sites excluding steroid dienone is 1. The van der Waals surface area contributed by atoms with E-state index in [1.807, 2.05) is 54.6 Å². The van der Waals surface area contributed by atoms with Crippen molar-refractivity contribution >= 4 is 6.29 Å². The zero-order valence-corrected chi connectivity index (χ0v) is 17.3. The molecular formula is C26H32O3. The summed E-state index contributed by atoms with van der Waals surface area (Å²) in [6.07, 6.45) is 5.36. The van der Waals surface area contributed by atoms with Crippen LogP contribution in [0.25, 0.3) is 0 Å². The number of carbonyl (C=O) groups is 1. The molecule has 1 aliphatic rings. The van der Waals surface area contributed by atoms with Crippen LogP contribution in [0, 0.1) is 17.8 Å². The zero-order valence-electron chi connectivity index (χ0n) is 17.3. The Morgan fingerprint density at radius 3 is 2.24 bits per heavy atom. The summed E-state index contributed by atoms with van der Waals surface area (Å²) in [7, 11) is 0. The van der Waals surface area contributed by atoms with Crippen molar-refractivity contribution in [2.75, 3.05) is 6.61 Å². The van der Waals surface area contributed by atoms with Gasteiger partial charge in [0.2, 0.25) is 0 Å². The largest absolute Gasteiger partial charge is 0.376 e. The van der Waals surface area contributed by atoms with E-state index in [1.54, 1.807) is 0 Å². The van der Waals surface area contributed by atoms with Gasteiger partial charge < -0.3 is 14.3 Å². The van der Waals surface area contributed by atoms with Gasteiger partial charge in [-0.1, -0.05) is 73.7 Å². The number of hydrogen-bond donors (Lipinski definition) is 0. The lowest BCUT2D eigenvalue weighted by atomic mass is 9.65. The van der Waals surface area contributed by atoms with Gasteiger partial charge in [-0.2, -0.15) is 0 Å². The van der Waals surface area contributed by atoms with Crippen molar-refractivity contribution in [3.63, 3.8) is 0 Å². The SMILES string of the molecule is C=CC[C@H]1C[C@H](COCc2ccccc2)[C@@H](C)C[C@]1(C=O)OCc1ccccc1. The van der Waals surface area contributed by atoms with Crippen LogP contribution >= 0.6 is 0 Å². The van der Waals surface area contributed by atoms with Crippen LogP contribution < -0.4 is 0 Å². The van der Waals surface area contributed by atoms with E-state index in [-0.39, 0.29) is 5.92 Å². The van der Waals surface area contributed by atoms with E-state index < -0.39 is 5.60 Å². The van der Waals surface area contributed by atoms with Gasteiger partial charge in [0.25, 0.3) is 0 Å². The van der Waals surface area contributed by atoms with Crippen molar-refractivity contribution < 1.29 is 14.3 Å². The van der Waals surface area contributed by atoms with Gasteiger partial charge in [0.05, 0.1) is 19.8 Å². The molecule has 1 fully saturated rings. The summed E-state index contributed by atoms with van der Waals surface area (Å²) in [6, 6.07) is 20.3. The van der Waals surface area contributed by atoms with Crippen LogP contribution in [0.15, 0.2) is 73.3 Å². The molecule has 154 valence electrons. The minimum absolute atomic E-state index is 0.128. The lowest BCUT2D eigenvalue weighted by Gasteiger charge is -2.46. The summed E-state index contributed by atoms with van der Waals surface area (Å²) in [5.74, 6) is 0.896. The Morgan fingerprint density at radius 2 is 1.66 bits per heavy atom. The standard InChI is InChI=1S/C26H32O3/c1-3-10-25-15-24(19-28-17-22-11-6-4-7-12-22)21(2)16-26(25,20-27)29-18-23-13-8-5-9-14-23/h3-9,11-14,20-21,24-25H,1,10,15-19H2,2H3/t21-,24+,25-,26+/m0/s1. The highest BCUT2D eigenvalue weighted by molar-refractivity contribution is 5.63. The van der Waals surface area contributed by atoms with Crippen LogP contribution in [0.2, 0.25) is 0 Å². The lowest BCUT2D eigenvalue weighted by molar-refractivity contribution is -0.159. The molecule has 0 heterocycles. The third-order valence-corrected chi connectivity index (χ3v) is 6.17. The Morgan fingerprint density at radius 1 is 1.03 bits per heavy atom. The Balaban J connectivity index is 1.63. The normalized spacial score (nSPS) is 26.7. The van der Waals surface area contributed by atoms with Gasteiger partial charge in [-0.3, -0.25) is 0 Å². The van der Waals surface area contributed by atoms with Crippen molar-refractivity contribution in [1.29, 1.82) is 0 Å². The first-order chi connectivity index (χ1) is 14.2. The molecule has 0 saturated heterocycles. The van der Waals surface area contributed by atoms with Gasteiger partial charge in [-0.25, -0.2) is 0 Å². The van der Waals surface area contributed by atoms with E-state index in [0.717, 1.165) is 31.1 Å². The van der Waals surface area contributed by atoms with Crippen LogP contribution in [-0.4, -0.2) is 18.5 Å². The predicted octanol–water partition coefficient (Wildman–Crippen LogP) is 5.60. The maximum atomic E-state index is 12.2. The van der Waals surface area contributed by atoms with Crippen molar-refractivity contribution in [2.24, 2.45) is 17.8 Å². The lowest BCUT2D eigenvalue weighted by Crippen LogP contribution is -2.50. The number of benzene rings is 2. The molecule has 0 unspecified atom stereocenters. The van der Waals surface area contributed by atoms with Gasteiger partial charge in [0, 0.05) is 0 Å². The van der Waals surface area contributed by atoms with Crippen LogP contribution in [-0.2, 0) is 27.5 Å². The fourth-order valence-corrected chi connectivity index (χ4v) is 4.41.